The third kappa shape index (κ3) is 7.84. The van der Waals surface area contributed by atoms with Gasteiger partial charge in [-0.25, -0.2) is 0 Å². The molecule has 0 radical (unpaired) electrons. The van der Waals surface area contributed by atoms with Crippen LogP contribution in [0, 0.1) is 11.3 Å². The van der Waals surface area contributed by atoms with Crippen molar-refractivity contribution in [3.05, 3.63) is 0 Å². The first-order valence-corrected chi connectivity index (χ1v) is 6.64. The molecule has 0 saturated heterocycles. The second kappa shape index (κ2) is 7.27. The van der Waals surface area contributed by atoms with Gasteiger partial charge in [-0.1, -0.05) is 41.0 Å². The quantitative estimate of drug-likeness (QED) is 0.667. The van der Waals surface area contributed by atoms with Crippen molar-refractivity contribution < 1.29 is 0 Å². The van der Waals surface area contributed by atoms with E-state index >= 15 is 0 Å². The Morgan fingerprint density at radius 1 is 1.13 bits per heavy atom. The van der Waals surface area contributed by atoms with Crippen molar-refractivity contribution in [2.75, 3.05) is 6.54 Å². The highest BCUT2D eigenvalue weighted by Gasteiger charge is 2.18. The van der Waals surface area contributed by atoms with E-state index in [2.05, 4.69) is 46.9 Å². The van der Waals surface area contributed by atoms with Gasteiger partial charge in [0.25, 0.3) is 0 Å². The van der Waals surface area contributed by atoms with Gasteiger partial charge in [0.2, 0.25) is 0 Å². The number of rotatable bonds is 7. The summed E-state index contributed by atoms with van der Waals surface area (Å²) in [5, 5.41) is 3.62. The summed E-state index contributed by atoms with van der Waals surface area (Å²) < 4.78 is 0. The van der Waals surface area contributed by atoms with Crippen molar-refractivity contribution in [2.45, 2.75) is 73.3 Å². The Morgan fingerprint density at radius 2 is 1.73 bits per heavy atom. The lowest BCUT2D eigenvalue weighted by atomic mass is 9.83. The van der Waals surface area contributed by atoms with Crippen molar-refractivity contribution >= 4 is 0 Å². The lowest BCUT2D eigenvalue weighted by Crippen LogP contribution is -2.34. The molecule has 0 amide bonds. The van der Waals surface area contributed by atoms with E-state index in [9.17, 15) is 0 Å². The lowest BCUT2D eigenvalue weighted by molar-refractivity contribution is 0.276. The highest BCUT2D eigenvalue weighted by Crippen LogP contribution is 2.26. The Labute approximate surface area is 97.0 Å². The van der Waals surface area contributed by atoms with Crippen LogP contribution < -0.4 is 5.32 Å². The van der Waals surface area contributed by atoms with Gasteiger partial charge in [0.15, 0.2) is 0 Å². The van der Waals surface area contributed by atoms with Crippen molar-refractivity contribution in [3.8, 4) is 0 Å². The molecular formula is C14H31N. The molecule has 2 unspecified atom stereocenters. The predicted octanol–water partition coefficient (Wildman–Crippen LogP) is 4.23. The van der Waals surface area contributed by atoms with Crippen molar-refractivity contribution in [1.29, 1.82) is 0 Å². The molecule has 2 atom stereocenters. The van der Waals surface area contributed by atoms with Crippen molar-refractivity contribution in [2.24, 2.45) is 11.3 Å². The van der Waals surface area contributed by atoms with E-state index in [4.69, 9.17) is 0 Å². The van der Waals surface area contributed by atoms with Gasteiger partial charge in [0.1, 0.15) is 0 Å². The topological polar surface area (TPSA) is 12.0 Å². The summed E-state index contributed by atoms with van der Waals surface area (Å²) in [6.07, 6.45) is 5.23. The third-order valence-electron chi connectivity index (χ3n) is 3.21. The van der Waals surface area contributed by atoms with Crippen LogP contribution in [0.1, 0.15) is 67.2 Å². The molecule has 0 aromatic heterocycles. The normalized spacial score (nSPS) is 16.4. The maximum atomic E-state index is 3.62. The van der Waals surface area contributed by atoms with Crippen LogP contribution in [0.25, 0.3) is 0 Å². The van der Waals surface area contributed by atoms with Crippen LogP contribution in [-0.2, 0) is 0 Å². The molecule has 0 aromatic rings. The van der Waals surface area contributed by atoms with Gasteiger partial charge in [-0.2, -0.15) is 0 Å². The molecule has 0 aromatic carbocycles. The summed E-state index contributed by atoms with van der Waals surface area (Å²) in [7, 11) is 0. The van der Waals surface area contributed by atoms with Crippen LogP contribution in [-0.4, -0.2) is 12.6 Å². The molecule has 0 heterocycles. The fourth-order valence-corrected chi connectivity index (χ4v) is 1.96. The molecule has 0 spiro atoms. The molecule has 1 heteroatoms. The van der Waals surface area contributed by atoms with E-state index < -0.39 is 0 Å². The molecule has 0 bridgehead atoms. The average Bonchev–Trinajstić information content (AvgIpc) is 2.13. The van der Waals surface area contributed by atoms with Gasteiger partial charge >= 0.3 is 0 Å². The molecule has 0 aliphatic rings. The average molecular weight is 213 g/mol. The third-order valence-corrected chi connectivity index (χ3v) is 3.21. The minimum absolute atomic E-state index is 0.484. The fraction of sp³-hybridized carbons (Fsp3) is 1.00. The Bertz CT molecular complexity index is 146. The molecule has 0 aliphatic carbocycles. The summed E-state index contributed by atoms with van der Waals surface area (Å²) in [5.41, 5.74) is 0.484. The van der Waals surface area contributed by atoms with Gasteiger partial charge in [0, 0.05) is 6.04 Å². The molecule has 0 saturated carbocycles. The minimum Gasteiger partial charge on any atom is -0.314 e. The second-order valence-corrected chi connectivity index (χ2v) is 6.01. The number of hydrogen-bond donors (Lipinski definition) is 1. The molecule has 0 rings (SSSR count). The highest BCUT2D eigenvalue weighted by molar-refractivity contribution is 4.73. The monoisotopic (exact) mass is 213 g/mol. The first kappa shape index (κ1) is 15.0. The van der Waals surface area contributed by atoms with Gasteiger partial charge < -0.3 is 5.32 Å². The molecule has 1 nitrogen and oxygen atoms in total. The van der Waals surface area contributed by atoms with E-state index in [1.165, 1.54) is 25.7 Å². The zero-order chi connectivity index (χ0) is 11.9. The molecule has 1 N–H and O–H groups in total. The lowest BCUT2D eigenvalue weighted by Gasteiger charge is -2.27. The van der Waals surface area contributed by atoms with E-state index in [-0.39, 0.29) is 0 Å². The Morgan fingerprint density at radius 3 is 2.13 bits per heavy atom. The second-order valence-electron chi connectivity index (χ2n) is 6.01. The SMILES string of the molecule is CCCNC(C)C(CC)CCC(C)(C)C. The zero-order valence-corrected chi connectivity index (χ0v) is 11.7. The molecule has 0 aliphatic heterocycles. The van der Waals surface area contributed by atoms with Crippen LogP contribution in [0.3, 0.4) is 0 Å². The van der Waals surface area contributed by atoms with Gasteiger partial charge in [-0.05, 0) is 44.1 Å². The standard InChI is InChI=1S/C14H31N/c1-7-11-15-12(3)13(8-2)9-10-14(4,5)6/h12-13,15H,7-11H2,1-6H3. The van der Waals surface area contributed by atoms with E-state index in [1.54, 1.807) is 0 Å². The first-order valence-electron chi connectivity index (χ1n) is 6.64. The zero-order valence-electron chi connectivity index (χ0n) is 11.7. The number of hydrogen-bond acceptors (Lipinski definition) is 1. The summed E-state index contributed by atoms with van der Waals surface area (Å²) in [6, 6.07) is 0.678. The minimum atomic E-state index is 0.484. The van der Waals surface area contributed by atoms with Gasteiger partial charge in [0.05, 0.1) is 0 Å². The van der Waals surface area contributed by atoms with Crippen LogP contribution in [0.5, 0.6) is 0 Å². The van der Waals surface area contributed by atoms with Crippen LogP contribution in [0.2, 0.25) is 0 Å². The van der Waals surface area contributed by atoms with Crippen molar-refractivity contribution in [1.82, 2.24) is 5.32 Å². The summed E-state index contributed by atoms with van der Waals surface area (Å²) in [6.45, 7) is 15.1. The highest BCUT2D eigenvalue weighted by atomic mass is 14.9. The maximum Gasteiger partial charge on any atom is 0.00668 e. The summed E-state index contributed by atoms with van der Waals surface area (Å²) in [4.78, 5) is 0. The maximum absolute atomic E-state index is 3.62. The van der Waals surface area contributed by atoms with E-state index in [1.807, 2.05) is 0 Å². The smallest absolute Gasteiger partial charge is 0.00668 e. The van der Waals surface area contributed by atoms with E-state index in [0.29, 0.717) is 11.5 Å². The van der Waals surface area contributed by atoms with Crippen molar-refractivity contribution in [3.63, 3.8) is 0 Å². The van der Waals surface area contributed by atoms with Crippen LogP contribution in [0.4, 0.5) is 0 Å². The van der Waals surface area contributed by atoms with Crippen LogP contribution in [0.15, 0.2) is 0 Å². The largest absolute Gasteiger partial charge is 0.314 e. The van der Waals surface area contributed by atoms with E-state index in [0.717, 1.165) is 12.5 Å². The summed E-state index contributed by atoms with van der Waals surface area (Å²) in [5.74, 6) is 0.843. The fourth-order valence-electron chi connectivity index (χ4n) is 1.96. The van der Waals surface area contributed by atoms with Gasteiger partial charge in [-0.3, -0.25) is 0 Å². The summed E-state index contributed by atoms with van der Waals surface area (Å²) >= 11 is 0. The van der Waals surface area contributed by atoms with Gasteiger partial charge in [-0.15, -0.1) is 0 Å². The van der Waals surface area contributed by atoms with Crippen LogP contribution >= 0.6 is 0 Å². The number of nitrogens with one attached hydrogen (secondary N) is 1. The molecule has 92 valence electrons. The predicted molar refractivity (Wildman–Crippen MR) is 70.2 cm³/mol. The Kier molecular flexibility index (Phi) is 7.25. The molecule has 0 fully saturated rings. The first-order chi connectivity index (χ1) is 6.90. The Hall–Kier alpha value is -0.0400. The molecule has 15 heavy (non-hydrogen) atoms. The molecular weight excluding hydrogens is 182 g/mol. The Balaban J connectivity index is 3.90.